The first-order chi connectivity index (χ1) is 7.61. The molecule has 86 valence electrons. The third-order valence-electron chi connectivity index (χ3n) is 2.84. The molecule has 1 aromatic heterocycles. The first kappa shape index (κ1) is 10.7. The maximum atomic E-state index is 12.0. The normalized spacial score (nSPS) is 20.1. The lowest BCUT2D eigenvalue weighted by molar-refractivity contribution is -0.141. The molecule has 0 spiro atoms. The van der Waals surface area contributed by atoms with Gasteiger partial charge in [0.1, 0.15) is 11.7 Å². The van der Waals surface area contributed by atoms with Crippen molar-refractivity contribution in [1.82, 2.24) is 14.7 Å². The van der Waals surface area contributed by atoms with Gasteiger partial charge in [0.25, 0.3) is 5.91 Å². The zero-order chi connectivity index (χ0) is 11.7. The number of carboxylic acids is 1. The van der Waals surface area contributed by atoms with E-state index in [0.717, 1.165) is 6.42 Å². The molecule has 16 heavy (non-hydrogen) atoms. The van der Waals surface area contributed by atoms with E-state index >= 15 is 0 Å². The molecule has 1 N–H and O–H groups in total. The summed E-state index contributed by atoms with van der Waals surface area (Å²) in [4.78, 5) is 24.4. The second-order valence-corrected chi connectivity index (χ2v) is 3.83. The number of amides is 1. The number of hydrogen-bond acceptors (Lipinski definition) is 3. The van der Waals surface area contributed by atoms with Crippen LogP contribution in [0.3, 0.4) is 0 Å². The molecule has 1 aliphatic rings. The molecular formula is C10H13N3O3. The fourth-order valence-corrected chi connectivity index (χ4v) is 2.00. The van der Waals surface area contributed by atoms with Crippen molar-refractivity contribution in [2.24, 2.45) is 7.05 Å². The summed E-state index contributed by atoms with van der Waals surface area (Å²) in [6.45, 7) is 0.501. The smallest absolute Gasteiger partial charge is 0.326 e. The quantitative estimate of drug-likeness (QED) is 0.772. The Balaban J connectivity index is 2.22. The van der Waals surface area contributed by atoms with Crippen molar-refractivity contribution in [1.29, 1.82) is 0 Å². The highest BCUT2D eigenvalue weighted by Crippen LogP contribution is 2.19. The highest BCUT2D eigenvalue weighted by molar-refractivity contribution is 5.95. The van der Waals surface area contributed by atoms with Crippen LogP contribution in [0.4, 0.5) is 0 Å². The van der Waals surface area contributed by atoms with Gasteiger partial charge in [-0.25, -0.2) is 4.79 Å². The van der Waals surface area contributed by atoms with Crippen LogP contribution in [0.25, 0.3) is 0 Å². The molecule has 0 aromatic carbocycles. The lowest BCUT2D eigenvalue weighted by Gasteiger charge is -2.21. The SMILES string of the molecule is Cn1nccc1C(=O)N1CCC[C@@H]1C(=O)O. The minimum absolute atomic E-state index is 0.259. The van der Waals surface area contributed by atoms with Crippen LogP contribution in [0.2, 0.25) is 0 Å². The van der Waals surface area contributed by atoms with Crippen molar-refractivity contribution in [3.05, 3.63) is 18.0 Å². The number of aromatic nitrogens is 2. The number of carboxylic acid groups (broad SMARTS) is 1. The van der Waals surface area contributed by atoms with E-state index in [4.69, 9.17) is 5.11 Å². The molecule has 2 heterocycles. The molecule has 0 unspecified atom stereocenters. The molecule has 1 saturated heterocycles. The number of rotatable bonds is 2. The maximum Gasteiger partial charge on any atom is 0.326 e. The molecule has 2 rings (SSSR count). The van der Waals surface area contributed by atoms with Crippen molar-refractivity contribution in [2.75, 3.05) is 6.54 Å². The van der Waals surface area contributed by atoms with Crippen LogP contribution in [0.1, 0.15) is 23.3 Å². The van der Waals surface area contributed by atoms with Gasteiger partial charge in [-0.15, -0.1) is 0 Å². The van der Waals surface area contributed by atoms with Crippen LogP contribution in [-0.4, -0.2) is 44.3 Å². The zero-order valence-corrected chi connectivity index (χ0v) is 8.96. The number of nitrogens with zero attached hydrogens (tertiary/aromatic N) is 3. The first-order valence-electron chi connectivity index (χ1n) is 5.13. The average molecular weight is 223 g/mol. The van der Waals surface area contributed by atoms with E-state index in [2.05, 4.69) is 5.10 Å². The summed E-state index contributed by atoms with van der Waals surface area (Å²) in [5.41, 5.74) is 0.424. The van der Waals surface area contributed by atoms with Crippen molar-refractivity contribution in [3.8, 4) is 0 Å². The molecule has 0 aliphatic carbocycles. The summed E-state index contributed by atoms with van der Waals surface area (Å²) in [6, 6.07) is 0.905. The van der Waals surface area contributed by atoms with E-state index in [1.807, 2.05) is 0 Å². The maximum absolute atomic E-state index is 12.0. The molecule has 0 bridgehead atoms. The summed E-state index contributed by atoms with van der Waals surface area (Å²) in [5, 5.41) is 12.9. The number of aliphatic carboxylic acids is 1. The molecule has 1 aliphatic heterocycles. The third kappa shape index (κ3) is 1.66. The lowest BCUT2D eigenvalue weighted by atomic mass is 10.2. The summed E-state index contributed by atoms with van der Waals surface area (Å²) in [7, 11) is 1.67. The zero-order valence-electron chi connectivity index (χ0n) is 8.96. The van der Waals surface area contributed by atoms with Crippen molar-refractivity contribution >= 4 is 11.9 Å². The Labute approximate surface area is 92.5 Å². The molecule has 1 aromatic rings. The standard InChI is InChI=1S/C10H13N3O3/c1-12-7(4-5-11-12)9(14)13-6-2-3-8(13)10(15)16/h4-5,8H,2-3,6H2,1H3,(H,15,16)/t8-/m1/s1. The number of aryl methyl sites for hydroxylation is 1. The summed E-state index contributed by atoms with van der Waals surface area (Å²) >= 11 is 0. The largest absolute Gasteiger partial charge is 0.480 e. The minimum Gasteiger partial charge on any atom is -0.480 e. The van der Waals surface area contributed by atoms with Crippen LogP contribution in [0.15, 0.2) is 12.3 Å². The fourth-order valence-electron chi connectivity index (χ4n) is 2.00. The van der Waals surface area contributed by atoms with Gasteiger partial charge in [0.05, 0.1) is 0 Å². The Morgan fingerprint density at radius 2 is 2.31 bits per heavy atom. The molecule has 0 radical (unpaired) electrons. The van der Waals surface area contributed by atoms with Gasteiger partial charge in [0.2, 0.25) is 0 Å². The monoisotopic (exact) mass is 223 g/mol. The Hall–Kier alpha value is -1.85. The van der Waals surface area contributed by atoms with Crippen molar-refractivity contribution in [2.45, 2.75) is 18.9 Å². The molecule has 6 heteroatoms. The van der Waals surface area contributed by atoms with Crippen molar-refractivity contribution in [3.63, 3.8) is 0 Å². The Kier molecular flexibility index (Phi) is 2.64. The third-order valence-corrected chi connectivity index (χ3v) is 2.84. The Morgan fingerprint density at radius 3 is 2.88 bits per heavy atom. The van der Waals surface area contributed by atoms with Crippen LogP contribution in [0.5, 0.6) is 0 Å². The molecule has 1 atom stereocenters. The van der Waals surface area contributed by atoms with Crippen LogP contribution >= 0.6 is 0 Å². The second kappa shape index (κ2) is 3.96. The number of carbonyl (C=O) groups is 2. The van der Waals surface area contributed by atoms with E-state index < -0.39 is 12.0 Å². The number of carbonyl (C=O) groups excluding carboxylic acids is 1. The topological polar surface area (TPSA) is 75.4 Å². The molecule has 6 nitrogen and oxygen atoms in total. The van der Waals surface area contributed by atoms with Crippen LogP contribution < -0.4 is 0 Å². The minimum atomic E-state index is -0.937. The predicted octanol–water partition coefficient (Wildman–Crippen LogP) is 0.109. The highest BCUT2D eigenvalue weighted by Gasteiger charge is 2.35. The van der Waals surface area contributed by atoms with E-state index in [-0.39, 0.29) is 5.91 Å². The van der Waals surface area contributed by atoms with Gasteiger partial charge in [-0.05, 0) is 18.9 Å². The fraction of sp³-hybridized carbons (Fsp3) is 0.500. The van der Waals surface area contributed by atoms with E-state index in [9.17, 15) is 9.59 Å². The van der Waals surface area contributed by atoms with Crippen LogP contribution in [-0.2, 0) is 11.8 Å². The Bertz CT molecular complexity index is 427. The van der Waals surface area contributed by atoms with Gasteiger partial charge < -0.3 is 10.0 Å². The summed E-state index contributed by atoms with van der Waals surface area (Å²) < 4.78 is 1.46. The van der Waals surface area contributed by atoms with Crippen molar-refractivity contribution < 1.29 is 14.7 Å². The predicted molar refractivity (Wildman–Crippen MR) is 54.9 cm³/mol. The van der Waals surface area contributed by atoms with E-state index in [0.29, 0.717) is 18.7 Å². The van der Waals surface area contributed by atoms with Gasteiger partial charge in [0, 0.05) is 19.8 Å². The van der Waals surface area contributed by atoms with Gasteiger partial charge in [-0.2, -0.15) is 5.10 Å². The molecule has 1 fully saturated rings. The summed E-state index contributed by atoms with van der Waals surface area (Å²) in [5.74, 6) is -1.20. The molecule has 1 amide bonds. The van der Waals surface area contributed by atoms with Gasteiger partial charge in [-0.3, -0.25) is 9.48 Å². The highest BCUT2D eigenvalue weighted by atomic mass is 16.4. The number of likely N-dealkylation sites (tertiary alicyclic amines) is 1. The van der Waals surface area contributed by atoms with E-state index in [1.54, 1.807) is 13.1 Å². The van der Waals surface area contributed by atoms with E-state index in [1.165, 1.54) is 15.8 Å². The van der Waals surface area contributed by atoms with Gasteiger partial charge >= 0.3 is 5.97 Å². The van der Waals surface area contributed by atoms with Gasteiger partial charge in [-0.1, -0.05) is 0 Å². The van der Waals surface area contributed by atoms with Gasteiger partial charge in [0.15, 0.2) is 0 Å². The second-order valence-electron chi connectivity index (χ2n) is 3.83. The average Bonchev–Trinajstić information content (AvgIpc) is 2.84. The Morgan fingerprint density at radius 1 is 1.56 bits per heavy atom. The molecular weight excluding hydrogens is 210 g/mol. The lowest BCUT2D eigenvalue weighted by Crippen LogP contribution is -2.41. The number of hydrogen-bond donors (Lipinski definition) is 1. The summed E-state index contributed by atoms with van der Waals surface area (Å²) in [6.07, 6.45) is 2.79. The molecule has 0 saturated carbocycles. The van der Waals surface area contributed by atoms with Crippen LogP contribution in [0, 0.1) is 0 Å². The first-order valence-corrected chi connectivity index (χ1v) is 5.13.